The molecule has 5 nitrogen and oxygen atoms in total. The Kier molecular flexibility index (Phi) is 5.85. The molecule has 0 saturated carbocycles. The van der Waals surface area contributed by atoms with E-state index in [0.717, 1.165) is 22.4 Å². The number of anilines is 1. The molecule has 0 spiro atoms. The topological polar surface area (TPSA) is 51.0 Å². The van der Waals surface area contributed by atoms with Crippen molar-refractivity contribution < 1.29 is 9.18 Å². The lowest BCUT2D eigenvalue weighted by molar-refractivity contribution is -0.113. The number of hydrogen-bond acceptors (Lipinski definition) is 5. The predicted octanol–water partition coefficient (Wildman–Crippen LogP) is 5.54. The molecule has 33 heavy (non-hydrogen) atoms. The molecule has 1 fully saturated rings. The van der Waals surface area contributed by atoms with E-state index < -0.39 is 0 Å². The Bertz CT molecular complexity index is 1350. The molecule has 3 heterocycles. The van der Waals surface area contributed by atoms with Crippen molar-refractivity contribution in [1.29, 1.82) is 0 Å². The molecule has 0 atom stereocenters. The van der Waals surface area contributed by atoms with Crippen LogP contribution >= 0.6 is 24.0 Å². The molecular weight excluding hydrogens is 455 g/mol. The molecule has 2 aromatic carbocycles. The van der Waals surface area contributed by atoms with Gasteiger partial charge in [0.2, 0.25) is 0 Å². The summed E-state index contributed by atoms with van der Waals surface area (Å²) in [5.41, 5.74) is 4.02. The summed E-state index contributed by atoms with van der Waals surface area (Å²) in [7, 11) is 0. The van der Waals surface area contributed by atoms with Crippen LogP contribution in [0.4, 0.5) is 10.1 Å². The molecule has 0 aliphatic carbocycles. The summed E-state index contributed by atoms with van der Waals surface area (Å²) in [6, 6.07) is 19.5. The van der Waals surface area contributed by atoms with Crippen LogP contribution in [0.3, 0.4) is 0 Å². The van der Waals surface area contributed by atoms with Crippen LogP contribution in [0.2, 0.25) is 0 Å². The first kappa shape index (κ1) is 21.2. The highest BCUT2D eigenvalue weighted by Crippen LogP contribution is 2.37. The lowest BCUT2D eigenvalue weighted by Crippen LogP contribution is -2.27. The number of hydrogen-bond donors (Lipinski definition) is 0. The maximum absolute atomic E-state index is 13.3. The van der Waals surface area contributed by atoms with Gasteiger partial charge in [0.05, 0.1) is 17.1 Å². The van der Waals surface area contributed by atoms with Gasteiger partial charge < -0.3 is 0 Å². The van der Waals surface area contributed by atoms with E-state index in [1.807, 2.05) is 53.3 Å². The quantitative estimate of drug-likeness (QED) is 0.282. The van der Waals surface area contributed by atoms with Gasteiger partial charge in [0.15, 0.2) is 4.32 Å². The van der Waals surface area contributed by atoms with Crippen LogP contribution in [0.1, 0.15) is 11.1 Å². The van der Waals surface area contributed by atoms with E-state index in [-0.39, 0.29) is 11.7 Å². The van der Waals surface area contributed by atoms with E-state index in [1.54, 1.807) is 30.6 Å². The molecule has 4 aromatic rings. The summed E-state index contributed by atoms with van der Waals surface area (Å²) in [4.78, 5) is 19.3. The van der Waals surface area contributed by atoms with Crippen LogP contribution < -0.4 is 4.90 Å². The third-order valence-corrected chi connectivity index (χ3v) is 6.38. The van der Waals surface area contributed by atoms with Crippen molar-refractivity contribution in [2.45, 2.75) is 6.54 Å². The molecule has 1 saturated heterocycles. The average molecular weight is 473 g/mol. The number of aromatic nitrogens is 3. The summed E-state index contributed by atoms with van der Waals surface area (Å²) >= 11 is 6.66. The summed E-state index contributed by atoms with van der Waals surface area (Å²) < 4.78 is 15.6. The number of thioether (sulfide) groups is 1. The van der Waals surface area contributed by atoms with Crippen LogP contribution in [0, 0.1) is 5.82 Å². The van der Waals surface area contributed by atoms with Gasteiger partial charge in [-0.3, -0.25) is 19.4 Å². The first-order valence-corrected chi connectivity index (χ1v) is 11.4. The second-order valence-electron chi connectivity index (χ2n) is 7.35. The fourth-order valence-corrected chi connectivity index (χ4v) is 4.83. The molecule has 0 N–H and O–H groups in total. The minimum Gasteiger partial charge on any atom is -0.268 e. The second kappa shape index (κ2) is 9.09. The number of halogens is 1. The van der Waals surface area contributed by atoms with Crippen LogP contribution in [0.15, 0.2) is 90.2 Å². The van der Waals surface area contributed by atoms with Crippen LogP contribution in [0.25, 0.3) is 17.3 Å². The molecule has 162 valence electrons. The summed E-state index contributed by atoms with van der Waals surface area (Å²) in [5.74, 6) is -0.615. The van der Waals surface area contributed by atoms with Gasteiger partial charge in [-0.15, -0.1) is 0 Å². The monoisotopic (exact) mass is 472 g/mol. The van der Waals surface area contributed by atoms with Gasteiger partial charge in [0.1, 0.15) is 11.5 Å². The molecule has 2 aromatic heterocycles. The molecule has 0 unspecified atom stereocenters. The van der Waals surface area contributed by atoms with E-state index in [4.69, 9.17) is 17.3 Å². The minimum absolute atomic E-state index is 0.246. The normalized spacial score (nSPS) is 14.9. The predicted molar refractivity (Wildman–Crippen MR) is 133 cm³/mol. The molecule has 0 radical (unpaired) electrons. The highest BCUT2D eigenvalue weighted by molar-refractivity contribution is 8.27. The number of carbonyl (C=O) groups is 1. The zero-order chi connectivity index (χ0) is 22.8. The number of carbonyl (C=O) groups excluding carboxylic acids is 1. The number of rotatable bonds is 5. The lowest BCUT2D eigenvalue weighted by Gasteiger charge is -2.14. The van der Waals surface area contributed by atoms with Crippen LogP contribution in [-0.2, 0) is 11.3 Å². The number of thiocarbonyl (C=S) groups is 1. The van der Waals surface area contributed by atoms with Crippen LogP contribution in [0.5, 0.6) is 0 Å². The molecular formula is C25H17FN4OS2. The highest BCUT2D eigenvalue weighted by Gasteiger charge is 2.33. The van der Waals surface area contributed by atoms with Gasteiger partial charge in [0.25, 0.3) is 5.91 Å². The first-order chi connectivity index (χ1) is 16.1. The SMILES string of the molecule is O=C1C(=Cc2cn(Cc3ccccc3)nc2-c2cccnc2)SC(=S)N1c1ccc(F)cc1. The minimum atomic E-state index is -0.369. The molecule has 1 amide bonds. The first-order valence-electron chi connectivity index (χ1n) is 10.1. The number of nitrogens with zero attached hydrogens (tertiary/aromatic N) is 4. The number of benzene rings is 2. The van der Waals surface area contributed by atoms with E-state index >= 15 is 0 Å². The maximum Gasteiger partial charge on any atom is 0.270 e. The number of amides is 1. The van der Waals surface area contributed by atoms with Crippen molar-refractivity contribution in [2.75, 3.05) is 4.90 Å². The maximum atomic E-state index is 13.3. The Morgan fingerprint density at radius 1 is 1.03 bits per heavy atom. The third-order valence-electron chi connectivity index (χ3n) is 5.08. The summed E-state index contributed by atoms with van der Waals surface area (Å²) in [5, 5.41) is 4.77. The van der Waals surface area contributed by atoms with E-state index in [0.29, 0.717) is 21.5 Å². The van der Waals surface area contributed by atoms with Crippen molar-refractivity contribution in [1.82, 2.24) is 14.8 Å². The molecule has 1 aliphatic heterocycles. The Labute approximate surface area is 199 Å². The van der Waals surface area contributed by atoms with E-state index in [1.165, 1.54) is 28.8 Å². The largest absolute Gasteiger partial charge is 0.270 e. The zero-order valence-electron chi connectivity index (χ0n) is 17.3. The molecule has 0 bridgehead atoms. The molecule has 8 heteroatoms. The Hall–Kier alpha value is -3.62. The Balaban J connectivity index is 1.52. The van der Waals surface area contributed by atoms with Crippen LogP contribution in [-0.4, -0.2) is 25.0 Å². The summed E-state index contributed by atoms with van der Waals surface area (Å²) in [6.07, 6.45) is 7.17. The fraction of sp³-hybridized carbons (Fsp3) is 0.0400. The lowest BCUT2D eigenvalue weighted by atomic mass is 10.1. The van der Waals surface area contributed by atoms with Gasteiger partial charge in [-0.05, 0) is 48.0 Å². The standard InChI is InChI=1S/C25H17FN4OS2/c26-20-8-10-21(11-9-20)30-24(31)22(33-25(30)32)13-19-16-29(15-17-5-2-1-3-6-17)28-23(19)18-7-4-12-27-14-18/h1-14,16H,15H2. The number of pyridine rings is 1. The van der Waals surface area contributed by atoms with Gasteiger partial charge >= 0.3 is 0 Å². The third kappa shape index (κ3) is 4.48. The highest BCUT2D eigenvalue weighted by atomic mass is 32.2. The van der Waals surface area contributed by atoms with Crippen molar-refractivity contribution in [3.05, 3.63) is 107 Å². The van der Waals surface area contributed by atoms with Gasteiger partial charge in [0, 0.05) is 29.7 Å². The van der Waals surface area contributed by atoms with Gasteiger partial charge in [-0.1, -0.05) is 54.3 Å². The smallest absolute Gasteiger partial charge is 0.268 e. The van der Waals surface area contributed by atoms with Crippen molar-refractivity contribution in [2.24, 2.45) is 0 Å². The molecule has 5 rings (SSSR count). The van der Waals surface area contributed by atoms with Gasteiger partial charge in [-0.25, -0.2) is 4.39 Å². The van der Waals surface area contributed by atoms with Crippen molar-refractivity contribution >= 4 is 46.0 Å². The zero-order valence-corrected chi connectivity index (χ0v) is 18.9. The van der Waals surface area contributed by atoms with Crippen molar-refractivity contribution in [3.63, 3.8) is 0 Å². The fourth-order valence-electron chi connectivity index (χ4n) is 3.54. The Morgan fingerprint density at radius 3 is 2.55 bits per heavy atom. The molecule has 1 aliphatic rings. The summed E-state index contributed by atoms with van der Waals surface area (Å²) in [6.45, 7) is 0.596. The second-order valence-corrected chi connectivity index (χ2v) is 9.03. The van der Waals surface area contributed by atoms with Gasteiger partial charge in [-0.2, -0.15) is 5.10 Å². The Morgan fingerprint density at radius 2 is 1.82 bits per heavy atom. The average Bonchev–Trinajstić information content (AvgIpc) is 3.35. The van der Waals surface area contributed by atoms with Crippen molar-refractivity contribution in [3.8, 4) is 11.3 Å². The van der Waals surface area contributed by atoms with E-state index in [9.17, 15) is 9.18 Å². The van der Waals surface area contributed by atoms with E-state index in [2.05, 4.69) is 4.98 Å².